The fraction of sp³-hybridized carbons (Fsp3) is 0.222. The molecule has 1 unspecified atom stereocenters. The number of hydrogen-bond acceptors (Lipinski definition) is 5. The predicted molar refractivity (Wildman–Crippen MR) is 90.2 cm³/mol. The number of esters is 1. The molecule has 0 fully saturated rings. The lowest BCUT2D eigenvalue weighted by atomic mass is 10.1. The van der Waals surface area contributed by atoms with Crippen LogP contribution in [0.2, 0.25) is 5.02 Å². The van der Waals surface area contributed by atoms with Crippen LogP contribution in [0, 0.1) is 0 Å². The third-order valence-electron chi connectivity index (χ3n) is 3.40. The van der Waals surface area contributed by atoms with Gasteiger partial charge in [0, 0.05) is 10.6 Å². The zero-order valence-corrected chi connectivity index (χ0v) is 14.3. The van der Waals surface area contributed by atoms with Gasteiger partial charge in [-0.15, -0.1) is 0 Å². The number of carbonyl (C=O) groups is 2. The minimum Gasteiger partial charge on any atom is -0.493 e. The van der Waals surface area contributed by atoms with Crippen LogP contribution in [0.25, 0.3) is 0 Å². The molecule has 6 heteroatoms. The zero-order valence-electron chi connectivity index (χ0n) is 13.5. The molecule has 2 rings (SSSR count). The molecule has 0 aliphatic rings. The van der Waals surface area contributed by atoms with E-state index in [1.165, 1.54) is 21.1 Å². The van der Waals surface area contributed by atoms with Gasteiger partial charge in [-0.3, -0.25) is 4.79 Å². The number of hydrogen-bond donors (Lipinski definition) is 0. The number of carbonyl (C=O) groups excluding carboxylic acids is 2. The van der Waals surface area contributed by atoms with E-state index in [1.54, 1.807) is 42.5 Å². The molecule has 0 heterocycles. The van der Waals surface area contributed by atoms with Crippen LogP contribution in [0.1, 0.15) is 27.6 Å². The van der Waals surface area contributed by atoms with Crippen molar-refractivity contribution in [1.82, 2.24) is 0 Å². The van der Waals surface area contributed by atoms with Gasteiger partial charge < -0.3 is 14.2 Å². The van der Waals surface area contributed by atoms with Crippen molar-refractivity contribution in [2.45, 2.75) is 13.0 Å². The molecule has 0 saturated heterocycles. The first-order valence-electron chi connectivity index (χ1n) is 7.19. The molecule has 0 bridgehead atoms. The number of benzene rings is 2. The lowest BCUT2D eigenvalue weighted by Crippen LogP contribution is -2.24. The van der Waals surface area contributed by atoms with Crippen LogP contribution in [0.3, 0.4) is 0 Å². The summed E-state index contributed by atoms with van der Waals surface area (Å²) in [5.74, 6) is -0.317. The molecule has 0 N–H and O–H groups in total. The predicted octanol–water partition coefficient (Wildman–Crippen LogP) is 3.79. The van der Waals surface area contributed by atoms with Gasteiger partial charge in [0.15, 0.2) is 17.6 Å². The maximum absolute atomic E-state index is 12.4. The van der Waals surface area contributed by atoms with E-state index >= 15 is 0 Å². The van der Waals surface area contributed by atoms with E-state index in [0.717, 1.165) is 0 Å². The molecular formula is C18H17ClO5. The Morgan fingerprint density at radius 3 is 2.25 bits per heavy atom. The Labute approximate surface area is 145 Å². The lowest BCUT2D eigenvalue weighted by Gasteiger charge is -2.15. The molecule has 5 nitrogen and oxygen atoms in total. The van der Waals surface area contributed by atoms with Crippen molar-refractivity contribution >= 4 is 23.4 Å². The second-order valence-corrected chi connectivity index (χ2v) is 5.40. The van der Waals surface area contributed by atoms with Crippen LogP contribution in [-0.4, -0.2) is 32.1 Å². The summed E-state index contributed by atoms with van der Waals surface area (Å²) in [6.45, 7) is 1.52. The number of Topliss-reactive ketones (excluding diaryl/α,β-unsaturated/α-hetero) is 1. The Bertz CT molecular complexity index is 740. The largest absolute Gasteiger partial charge is 0.493 e. The average Bonchev–Trinajstić information content (AvgIpc) is 2.60. The van der Waals surface area contributed by atoms with Crippen molar-refractivity contribution in [2.75, 3.05) is 14.2 Å². The summed E-state index contributed by atoms with van der Waals surface area (Å²) in [4.78, 5) is 24.7. The molecular weight excluding hydrogens is 332 g/mol. The molecule has 0 spiro atoms. The zero-order chi connectivity index (χ0) is 17.7. The van der Waals surface area contributed by atoms with Crippen molar-refractivity contribution in [1.29, 1.82) is 0 Å². The first-order chi connectivity index (χ1) is 11.5. The van der Waals surface area contributed by atoms with E-state index < -0.39 is 12.1 Å². The summed E-state index contributed by atoms with van der Waals surface area (Å²) in [6, 6.07) is 11.2. The summed E-state index contributed by atoms with van der Waals surface area (Å²) >= 11 is 5.80. The molecule has 0 aliphatic heterocycles. The topological polar surface area (TPSA) is 61.8 Å². The van der Waals surface area contributed by atoms with Crippen molar-refractivity contribution < 1.29 is 23.8 Å². The van der Waals surface area contributed by atoms with Gasteiger partial charge >= 0.3 is 5.97 Å². The normalized spacial score (nSPS) is 11.5. The number of ketones is 1. The Kier molecular flexibility index (Phi) is 5.82. The van der Waals surface area contributed by atoms with E-state index in [0.29, 0.717) is 16.3 Å². The molecule has 0 radical (unpaired) electrons. The monoisotopic (exact) mass is 348 g/mol. The van der Waals surface area contributed by atoms with Gasteiger partial charge in [-0.25, -0.2) is 4.79 Å². The van der Waals surface area contributed by atoms with Crippen LogP contribution >= 0.6 is 11.6 Å². The van der Waals surface area contributed by atoms with E-state index in [4.69, 9.17) is 25.8 Å². The first kappa shape index (κ1) is 17.8. The summed E-state index contributed by atoms with van der Waals surface area (Å²) in [6.07, 6.45) is -0.949. The fourth-order valence-corrected chi connectivity index (χ4v) is 2.30. The highest BCUT2D eigenvalue weighted by atomic mass is 35.5. The third-order valence-corrected chi connectivity index (χ3v) is 3.66. The smallest absolute Gasteiger partial charge is 0.342 e. The van der Waals surface area contributed by atoms with Crippen LogP contribution < -0.4 is 9.47 Å². The summed E-state index contributed by atoms with van der Waals surface area (Å²) < 4.78 is 15.6. The second-order valence-electron chi connectivity index (χ2n) is 4.96. The van der Waals surface area contributed by atoms with Crippen molar-refractivity contribution in [3.8, 4) is 11.5 Å². The standard InChI is InChI=1S/C18H17ClO5/c1-11(16(20)12-7-9-13(19)10-8-12)24-18(21)14-5-4-6-15(22-2)17(14)23-3/h4-11H,1-3H3. The maximum atomic E-state index is 12.4. The molecule has 126 valence electrons. The van der Waals surface area contributed by atoms with E-state index in [1.807, 2.05) is 0 Å². The van der Waals surface area contributed by atoms with Gasteiger partial charge in [0.05, 0.1) is 14.2 Å². The van der Waals surface area contributed by atoms with E-state index in [9.17, 15) is 9.59 Å². The highest BCUT2D eigenvalue weighted by Crippen LogP contribution is 2.31. The molecule has 0 amide bonds. The third kappa shape index (κ3) is 3.86. The highest BCUT2D eigenvalue weighted by molar-refractivity contribution is 6.30. The summed E-state index contributed by atoms with van der Waals surface area (Å²) in [5, 5.41) is 0.525. The van der Waals surface area contributed by atoms with Crippen molar-refractivity contribution in [3.05, 3.63) is 58.6 Å². The summed E-state index contributed by atoms with van der Waals surface area (Å²) in [7, 11) is 2.90. The number of ether oxygens (including phenoxy) is 3. The molecule has 1 atom stereocenters. The van der Waals surface area contributed by atoms with Crippen LogP contribution in [-0.2, 0) is 4.74 Å². The molecule has 0 aliphatic carbocycles. The molecule has 0 aromatic heterocycles. The lowest BCUT2D eigenvalue weighted by molar-refractivity contribution is 0.0315. The van der Waals surface area contributed by atoms with Gasteiger partial charge in [-0.1, -0.05) is 17.7 Å². The molecule has 2 aromatic rings. The Balaban J connectivity index is 2.17. The Morgan fingerprint density at radius 2 is 1.67 bits per heavy atom. The number of methoxy groups -OCH3 is 2. The Morgan fingerprint density at radius 1 is 1.00 bits per heavy atom. The quantitative estimate of drug-likeness (QED) is 0.587. The second kappa shape index (κ2) is 7.84. The first-order valence-corrected chi connectivity index (χ1v) is 7.57. The van der Waals surface area contributed by atoms with Crippen molar-refractivity contribution in [3.63, 3.8) is 0 Å². The van der Waals surface area contributed by atoms with Gasteiger partial charge in [0.2, 0.25) is 5.78 Å². The number of rotatable bonds is 6. The van der Waals surface area contributed by atoms with E-state index in [2.05, 4.69) is 0 Å². The van der Waals surface area contributed by atoms with Gasteiger partial charge in [0.1, 0.15) is 5.56 Å². The summed E-state index contributed by atoms with van der Waals surface area (Å²) in [5.41, 5.74) is 0.602. The molecule has 2 aromatic carbocycles. The van der Waals surface area contributed by atoms with Gasteiger partial charge in [-0.05, 0) is 43.3 Å². The average molecular weight is 349 g/mol. The number of halogens is 1. The van der Waals surface area contributed by atoms with Gasteiger partial charge in [0.25, 0.3) is 0 Å². The van der Waals surface area contributed by atoms with Crippen molar-refractivity contribution in [2.24, 2.45) is 0 Å². The van der Waals surface area contributed by atoms with Crippen LogP contribution in [0.5, 0.6) is 11.5 Å². The van der Waals surface area contributed by atoms with Gasteiger partial charge in [-0.2, -0.15) is 0 Å². The minimum atomic E-state index is -0.949. The molecule has 0 saturated carbocycles. The maximum Gasteiger partial charge on any atom is 0.342 e. The molecule has 24 heavy (non-hydrogen) atoms. The highest BCUT2D eigenvalue weighted by Gasteiger charge is 2.23. The van der Waals surface area contributed by atoms with E-state index in [-0.39, 0.29) is 17.1 Å². The Hall–Kier alpha value is -2.53. The minimum absolute atomic E-state index is 0.188. The number of para-hydroxylation sites is 1. The van der Waals surface area contributed by atoms with Crippen LogP contribution in [0.15, 0.2) is 42.5 Å². The van der Waals surface area contributed by atoms with Crippen LogP contribution in [0.4, 0.5) is 0 Å². The fourth-order valence-electron chi connectivity index (χ4n) is 2.17. The SMILES string of the molecule is COc1cccc(C(=O)OC(C)C(=O)c2ccc(Cl)cc2)c1OC.